The molecular formula is C23H23N5O. The van der Waals surface area contributed by atoms with E-state index in [1.807, 2.05) is 50.5 Å². The molecule has 4 rings (SSSR count). The Bertz CT molecular complexity index is 1160. The first-order valence-corrected chi connectivity index (χ1v) is 9.66. The van der Waals surface area contributed by atoms with Crippen LogP contribution in [0.4, 0.5) is 0 Å². The molecule has 0 saturated heterocycles. The van der Waals surface area contributed by atoms with Crippen LogP contribution in [0.1, 0.15) is 34.1 Å². The van der Waals surface area contributed by atoms with Crippen molar-refractivity contribution < 1.29 is 4.79 Å². The van der Waals surface area contributed by atoms with E-state index in [1.165, 1.54) is 0 Å². The van der Waals surface area contributed by atoms with Crippen LogP contribution in [0.15, 0.2) is 55.0 Å². The number of nitrogens with one attached hydrogen (secondary N) is 1. The van der Waals surface area contributed by atoms with Crippen LogP contribution in [-0.2, 0) is 20.0 Å². The number of hydrogen-bond donors (Lipinski definition) is 1. The van der Waals surface area contributed by atoms with Crippen molar-refractivity contribution in [3.63, 3.8) is 0 Å². The van der Waals surface area contributed by atoms with Crippen LogP contribution in [0.5, 0.6) is 0 Å². The highest BCUT2D eigenvalue weighted by molar-refractivity contribution is 6.09. The molecule has 1 amide bonds. The predicted octanol–water partition coefficient (Wildman–Crippen LogP) is 3.83. The number of nitrogens with zero attached hydrogens (tertiary/aromatic N) is 4. The standard InChI is InChI=1S/C23H23N5O/c1-4-18-6-5-16(13-25-18)14-26-23(29)20-12-15(2)11-19-21(27-28(3)22(19)20)17-7-9-24-10-8-17/h5-13H,4,14H2,1-3H3,(H,26,29). The van der Waals surface area contributed by atoms with E-state index in [2.05, 4.69) is 33.4 Å². The Labute approximate surface area is 169 Å². The summed E-state index contributed by atoms with van der Waals surface area (Å²) in [5.41, 5.74) is 6.29. The smallest absolute Gasteiger partial charge is 0.253 e. The van der Waals surface area contributed by atoms with E-state index in [1.54, 1.807) is 17.1 Å². The summed E-state index contributed by atoms with van der Waals surface area (Å²) in [6.07, 6.45) is 6.21. The Morgan fingerprint density at radius 2 is 1.93 bits per heavy atom. The van der Waals surface area contributed by atoms with Gasteiger partial charge in [-0.2, -0.15) is 5.10 Å². The van der Waals surface area contributed by atoms with Crippen molar-refractivity contribution >= 4 is 16.8 Å². The summed E-state index contributed by atoms with van der Waals surface area (Å²) in [7, 11) is 1.87. The summed E-state index contributed by atoms with van der Waals surface area (Å²) < 4.78 is 1.77. The van der Waals surface area contributed by atoms with Crippen molar-refractivity contribution in [3.05, 3.63) is 77.4 Å². The Balaban J connectivity index is 1.67. The van der Waals surface area contributed by atoms with Crippen LogP contribution >= 0.6 is 0 Å². The number of rotatable bonds is 5. The highest BCUT2D eigenvalue weighted by atomic mass is 16.1. The van der Waals surface area contributed by atoms with Crippen LogP contribution in [-0.4, -0.2) is 25.7 Å². The van der Waals surface area contributed by atoms with E-state index in [9.17, 15) is 4.79 Å². The quantitative estimate of drug-likeness (QED) is 0.567. The minimum Gasteiger partial charge on any atom is -0.348 e. The maximum absolute atomic E-state index is 13.0. The lowest BCUT2D eigenvalue weighted by molar-refractivity contribution is 0.0952. The van der Waals surface area contributed by atoms with Gasteiger partial charge >= 0.3 is 0 Å². The Morgan fingerprint density at radius 3 is 2.62 bits per heavy atom. The van der Waals surface area contributed by atoms with Crippen LogP contribution in [0.25, 0.3) is 22.2 Å². The molecule has 29 heavy (non-hydrogen) atoms. The molecule has 0 atom stereocenters. The summed E-state index contributed by atoms with van der Waals surface area (Å²) in [4.78, 5) is 21.5. The van der Waals surface area contributed by atoms with E-state index in [0.29, 0.717) is 12.1 Å². The average molecular weight is 385 g/mol. The van der Waals surface area contributed by atoms with Gasteiger partial charge in [0.05, 0.1) is 11.1 Å². The third kappa shape index (κ3) is 3.74. The monoisotopic (exact) mass is 385 g/mol. The fourth-order valence-electron chi connectivity index (χ4n) is 3.50. The molecule has 0 spiro atoms. The van der Waals surface area contributed by atoms with Crippen molar-refractivity contribution in [1.82, 2.24) is 25.1 Å². The van der Waals surface area contributed by atoms with E-state index < -0.39 is 0 Å². The average Bonchev–Trinajstić information content (AvgIpc) is 3.08. The van der Waals surface area contributed by atoms with Crippen LogP contribution in [0.3, 0.4) is 0 Å². The van der Waals surface area contributed by atoms with Crippen molar-refractivity contribution in [3.8, 4) is 11.3 Å². The topological polar surface area (TPSA) is 72.7 Å². The molecule has 0 fully saturated rings. The lowest BCUT2D eigenvalue weighted by atomic mass is 10.0. The number of carbonyl (C=O) groups excluding carboxylic acids is 1. The first-order chi connectivity index (χ1) is 14.1. The number of amides is 1. The van der Waals surface area contributed by atoms with E-state index in [-0.39, 0.29) is 5.91 Å². The van der Waals surface area contributed by atoms with Gasteiger partial charge in [0, 0.05) is 48.8 Å². The third-order valence-electron chi connectivity index (χ3n) is 4.98. The number of benzene rings is 1. The fourth-order valence-corrected chi connectivity index (χ4v) is 3.50. The number of hydrogen-bond acceptors (Lipinski definition) is 4. The molecule has 0 aliphatic carbocycles. The van der Waals surface area contributed by atoms with Crippen molar-refractivity contribution in [2.75, 3.05) is 0 Å². The first-order valence-electron chi connectivity index (χ1n) is 9.66. The third-order valence-corrected chi connectivity index (χ3v) is 4.98. The molecule has 0 saturated carbocycles. The normalized spacial score (nSPS) is 11.0. The maximum atomic E-state index is 13.0. The lowest BCUT2D eigenvalue weighted by Gasteiger charge is -2.09. The maximum Gasteiger partial charge on any atom is 0.253 e. The summed E-state index contributed by atoms with van der Waals surface area (Å²) in [5, 5.41) is 8.66. The van der Waals surface area contributed by atoms with Gasteiger partial charge in [0.1, 0.15) is 5.69 Å². The summed E-state index contributed by atoms with van der Waals surface area (Å²) in [6, 6.07) is 11.8. The zero-order chi connectivity index (χ0) is 20.4. The second-order valence-electron chi connectivity index (χ2n) is 7.11. The van der Waals surface area contributed by atoms with E-state index in [0.717, 1.165) is 45.4 Å². The molecule has 3 heterocycles. The highest BCUT2D eigenvalue weighted by Crippen LogP contribution is 2.30. The van der Waals surface area contributed by atoms with E-state index in [4.69, 9.17) is 0 Å². The molecule has 0 aliphatic heterocycles. The molecule has 146 valence electrons. The molecule has 0 radical (unpaired) electrons. The number of pyridine rings is 2. The first kappa shape index (κ1) is 18.8. The Kier molecular flexibility index (Phi) is 5.08. The van der Waals surface area contributed by atoms with Gasteiger partial charge in [-0.15, -0.1) is 0 Å². The van der Waals surface area contributed by atoms with Crippen LogP contribution in [0, 0.1) is 6.92 Å². The molecule has 1 aromatic carbocycles. The van der Waals surface area contributed by atoms with Gasteiger partial charge in [-0.05, 0) is 54.8 Å². The molecule has 0 aliphatic rings. The predicted molar refractivity (Wildman–Crippen MR) is 113 cm³/mol. The number of carbonyl (C=O) groups is 1. The fraction of sp³-hybridized carbons (Fsp3) is 0.217. The molecule has 0 unspecified atom stereocenters. The zero-order valence-corrected chi connectivity index (χ0v) is 16.8. The second kappa shape index (κ2) is 7.83. The molecule has 4 aromatic rings. The number of aryl methyl sites for hydroxylation is 3. The van der Waals surface area contributed by atoms with Gasteiger partial charge in [0.2, 0.25) is 0 Å². The van der Waals surface area contributed by atoms with Crippen molar-refractivity contribution in [2.24, 2.45) is 7.05 Å². The van der Waals surface area contributed by atoms with Gasteiger partial charge in [-0.25, -0.2) is 0 Å². The molecule has 3 aromatic heterocycles. The number of aromatic nitrogens is 4. The Hall–Kier alpha value is -3.54. The van der Waals surface area contributed by atoms with E-state index >= 15 is 0 Å². The van der Waals surface area contributed by atoms with Crippen molar-refractivity contribution in [1.29, 1.82) is 0 Å². The van der Waals surface area contributed by atoms with Gasteiger partial charge in [-0.1, -0.05) is 13.0 Å². The summed E-state index contributed by atoms with van der Waals surface area (Å²) >= 11 is 0. The van der Waals surface area contributed by atoms with Crippen molar-refractivity contribution in [2.45, 2.75) is 26.8 Å². The molecule has 0 bridgehead atoms. The molecule has 6 heteroatoms. The molecule has 1 N–H and O–H groups in total. The highest BCUT2D eigenvalue weighted by Gasteiger charge is 2.18. The van der Waals surface area contributed by atoms with Crippen LogP contribution < -0.4 is 5.32 Å². The number of fused-ring (bicyclic) bond motifs is 1. The molecular weight excluding hydrogens is 362 g/mol. The summed E-state index contributed by atoms with van der Waals surface area (Å²) in [6.45, 7) is 4.49. The van der Waals surface area contributed by atoms with Gasteiger partial charge in [0.25, 0.3) is 5.91 Å². The molecule has 6 nitrogen and oxygen atoms in total. The van der Waals surface area contributed by atoms with Gasteiger partial charge < -0.3 is 5.32 Å². The van der Waals surface area contributed by atoms with Gasteiger partial charge in [0.15, 0.2) is 0 Å². The largest absolute Gasteiger partial charge is 0.348 e. The zero-order valence-electron chi connectivity index (χ0n) is 16.8. The minimum atomic E-state index is -0.123. The van der Waals surface area contributed by atoms with Gasteiger partial charge in [-0.3, -0.25) is 19.4 Å². The minimum absolute atomic E-state index is 0.123. The van der Waals surface area contributed by atoms with Crippen LogP contribution in [0.2, 0.25) is 0 Å². The Morgan fingerprint density at radius 1 is 1.14 bits per heavy atom. The SMILES string of the molecule is CCc1ccc(CNC(=O)c2cc(C)cc3c(-c4ccncc4)nn(C)c23)cn1. The summed E-state index contributed by atoms with van der Waals surface area (Å²) in [5.74, 6) is -0.123. The lowest BCUT2D eigenvalue weighted by Crippen LogP contribution is -2.23. The second-order valence-corrected chi connectivity index (χ2v) is 7.11.